The molecule has 0 fully saturated rings. The summed E-state index contributed by atoms with van der Waals surface area (Å²) in [4.78, 5) is 14.3. The maximum atomic E-state index is 5.76. The van der Waals surface area contributed by atoms with E-state index in [0.717, 1.165) is 46.4 Å². The molecule has 8 heteroatoms. The number of aromatic nitrogens is 4. The van der Waals surface area contributed by atoms with Crippen LogP contribution in [0.15, 0.2) is 36.4 Å². The molecule has 0 aliphatic carbocycles. The second-order valence-corrected chi connectivity index (χ2v) is 6.01. The summed E-state index contributed by atoms with van der Waals surface area (Å²) in [7, 11) is 0. The van der Waals surface area contributed by atoms with Crippen LogP contribution >= 0.6 is 0 Å². The predicted molar refractivity (Wildman–Crippen MR) is 101 cm³/mol. The van der Waals surface area contributed by atoms with Crippen molar-refractivity contribution in [3.8, 4) is 11.5 Å². The van der Waals surface area contributed by atoms with Crippen molar-refractivity contribution in [1.82, 2.24) is 19.9 Å². The van der Waals surface area contributed by atoms with Crippen molar-refractivity contribution in [2.45, 2.75) is 12.8 Å². The van der Waals surface area contributed by atoms with E-state index in [1.54, 1.807) is 0 Å². The topological polar surface area (TPSA) is 128 Å². The molecule has 4 aromatic rings. The van der Waals surface area contributed by atoms with Crippen molar-refractivity contribution in [2.24, 2.45) is 0 Å². The Kier molecular flexibility index (Phi) is 4.22. The van der Waals surface area contributed by atoms with Crippen LogP contribution in [0.5, 0.6) is 11.5 Å². The van der Waals surface area contributed by atoms with E-state index >= 15 is 0 Å². The number of benzene rings is 2. The molecular weight excluding hydrogens is 332 g/mol. The molecule has 2 aromatic heterocycles. The van der Waals surface area contributed by atoms with Gasteiger partial charge in [-0.3, -0.25) is 0 Å². The predicted octanol–water partition coefficient (Wildman–Crippen LogP) is 2.84. The van der Waals surface area contributed by atoms with Gasteiger partial charge in [0.05, 0.1) is 35.3 Å². The first-order valence-corrected chi connectivity index (χ1v) is 8.43. The standard InChI is InChI=1S/C18H20N6O2/c19-17-21-13-5-3-11(9-15(13)23-17)25-7-1-2-8-26-12-4-6-14-16(10-12)24-18(20)22-14/h3-6,9-10H,1-2,7-8H2,(H3,19,21,23)(H3,20,22,24). The number of unbranched alkanes of at least 4 members (excludes halogenated alkanes) is 1. The highest BCUT2D eigenvalue weighted by atomic mass is 16.5. The lowest BCUT2D eigenvalue weighted by atomic mass is 10.3. The Bertz CT molecular complexity index is 955. The van der Waals surface area contributed by atoms with Gasteiger partial charge in [0.2, 0.25) is 0 Å². The average molecular weight is 352 g/mol. The number of hydrogen-bond acceptors (Lipinski definition) is 6. The van der Waals surface area contributed by atoms with Crippen LogP contribution in [0.25, 0.3) is 22.1 Å². The molecule has 0 saturated heterocycles. The first-order valence-electron chi connectivity index (χ1n) is 8.43. The number of hydrogen-bond donors (Lipinski definition) is 4. The van der Waals surface area contributed by atoms with Gasteiger partial charge in [0.1, 0.15) is 11.5 Å². The van der Waals surface area contributed by atoms with E-state index in [0.29, 0.717) is 25.1 Å². The maximum Gasteiger partial charge on any atom is 0.198 e. The van der Waals surface area contributed by atoms with E-state index in [4.69, 9.17) is 20.9 Å². The highest BCUT2D eigenvalue weighted by molar-refractivity contribution is 5.79. The van der Waals surface area contributed by atoms with E-state index in [9.17, 15) is 0 Å². The number of ether oxygens (including phenoxy) is 2. The third-order valence-electron chi connectivity index (χ3n) is 4.02. The van der Waals surface area contributed by atoms with Crippen LogP contribution in [0.3, 0.4) is 0 Å². The van der Waals surface area contributed by atoms with Crippen molar-refractivity contribution in [3.63, 3.8) is 0 Å². The van der Waals surface area contributed by atoms with Crippen molar-refractivity contribution in [2.75, 3.05) is 24.7 Å². The summed E-state index contributed by atoms with van der Waals surface area (Å²) < 4.78 is 11.5. The molecule has 4 rings (SSSR count). The van der Waals surface area contributed by atoms with Gasteiger partial charge in [-0.1, -0.05) is 0 Å². The molecule has 2 heterocycles. The van der Waals surface area contributed by atoms with Crippen LogP contribution in [0, 0.1) is 0 Å². The summed E-state index contributed by atoms with van der Waals surface area (Å²) >= 11 is 0. The Morgan fingerprint density at radius 2 is 1.19 bits per heavy atom. The Hall–Kier alpha value is -3.42. The number of nitrogens with two attached hydrogens (primary N) is 2. The average Bonchev–Trinajstić information content (AvgIpc) is 3.17. The molecule has 0 spiro atoms. The normalized spacial score (nSPS) is 11.2. The van der Waals surface area contributed by atoms with E-state index in [-0.39, 0.29) is 0 Å². The number of rotatable bonds is 7. The van der Waals surface area contributed by atoms with Crippen molar-refractivity contribution < 1.29 is 9.47 Å². The van der Waals surface area contributed by atoms with Gasteiger partial charge >= 0.3 is 0 Å². The van der Waals surface area contributed by atoms with Crippen LogP contribution in [-0.4, -0.2) is 33.1 Å². The minimum atomic E-state index is 0.408. The highest BCUT2D eigenvalue weighted by Gasteiger charge is 2.03. The molecular formula is C18H20N6O2. The first kappa shape index (κ1) is 16.1. The number of anilines is 2. The zero-order valence-electron chi connectivity index (χ0n) is 14.2. The van der Waals surface area contributed by atoms with Gasteiger partial charge in [0.15, 0.2) is 11.9 Å². The van der Waals surface area contributed by atoms with E-state index in [1.807, 2.05) is 36.4 Å². The molecule has 26 heavy (non-hydrogen) atoms. The molecule has 2 aromatic carbocycles. The third kappa shape index (κ3) is 3.49. The molecule has 0 bridgehead atoms. The summed E-state index contributed by atoms with van der Waals surface area (Å²) in [6.07, 6.45) is 1.78. The number of aromatic amines is 2. The number of nitrogens with one attached hydrogen (secondary N) is 2. The van der Waals surface area contributed by atoms with Gasteiger partial charge in [0.25, 0.3) is 0 Å². The smallest absolute Gasteiger partial charge is 0.198 e. The summed E-state index contributed by atoms with van der Waals surface area (Å²) in [5.41, 5.74) is 14.7. The summed E-state index contributed by atoms with van der Waals surface area (Å²) in [6.45, 7) is 1.24. The fourth-order valence-corrected chi connectivity index (χ4v) is 2.78. The van der Waals surface area contributed by atoms with E-state index in [1.165, 1.54) is 0 Å². The second-order valence-electron chi connectivity index (χ2n) is 6.01. The zero-order valence-corrected chi connectivity index (χ0v) is 14.2. The van der Waals surface area contributed by atoms with Crippen molar-refractivity contribution in [1.29, 1.82) is 0 Å². The Balaban J connectivity index is 1.21. The molecule has 0 atom stereocenters. The lowest BCUT2D eigenvalue weighted by Crippen LogP contribution is -2.02. The number of H-pyrrole nitrogens is 2. The second kappa shape index (κ2) is 6.83. The Labute approximate surface area is 149 Å². The lowest BCUT2D eigenvalue weighted by molar-refractivity contribution is 0.267. The number of fused-ring (bicyclic) bond motifs is 2. The Morgan fingerprint density at radius 3 is 1.65 bits per heavy atom. The maximum absolute atomic E-state index is 5.76. The summed E-state index contributed by atoms with van der Waals surface area (Å²) in [6, 6.07) is 11.4. The van der Waals surface area contributed by atoms with Crippen molar-refractivity contribution >= 4 is 34.0 Å². The van der Waals surface area contributed by atoms with Crippen LogP contribution in [0.4, 0.5) is 11.9 Å². The molecule has 0 radical (unpaired) electrons. The Morgan fingerprint density at radius 1 is 0.731 bits per heavy atom. The summed E-state index contributed by atoms with van der Waals surface area (Å²) in [5, 5.41) is 0. The monoisotopic (exact) mass is 352 g/mol. The highest BCUT2D eigenvalue weighted by Crippen LogP contribution is 2.21. The molecule has 0 aliphatic heterocycles. The zero-order chi connectivity index (χ0) is 17.9. The van der Waals surface area contributed by atoms with Gasteiger partial charge in [0, 0.05) is 12.1 Å². The minimum absolute atomic E-state index is 0.408. The quantitative estimate of drug-likeness (QED) is 0.379. The minimum Gasteiger partial charge on any atom is -0.494 e. The van der Waals surface area contributed by atoms with Crippen molar-refractivity contribution in [3.05, 3.63) is 36.4 Å². The first-order chi connectivity index (χ1) is 12.7. The van der Waals surface area contributed by atoms with Gasteiger partial charge in [-0.15, -0.1) is 0 Å². The molecule has 0 unspecified atom stereocenters. The molecule has 6 N–H and O–H groups in total. The van der Waals surface area contributed by atoms with E-state index in [2.05, 4.69) is 19.9 Å². The number of imidazole rings is 2. The molecule has 0 amide bonds. The van der Waals surface area contributed by atoms with E-state index < -0.39 is 0 Å². The summed E-state index contributed by atoms with van der Waals surface area (Å²) in [5.74, 6) is 2.41. The van der Waals surface area contributed by atoms with Crippen LogP contribution in [0.2, 0.25) is 0 Å². The lowest BCUT2D eigenvalue weighted by Gasteiger charge is -2.08. The largest absolute Gasteiger partial charge is 0.494 e. The fraction of sp³-hybridized carbons (Fsp3) is 0.222. The van der Waals surface area contributed by atoms with Gasteiger partial charge in [-0.2, -0.15) is 0 Å². The molecule has 0 aliphatic rings. The number of nitrogens with zero attached hydrogens (tertiary/aromatic N) is 2. The van der Waals surface area contributed by atoms with Crippen LogP contribution in [0.1, 0.15) is 12.8 Å². The van der Waals surface area contributed by atoms with Gasteiger partial charge in [-0.05, 0) is 37.1 Å². The third-order valence-corrected chi connectivity index (χ3v) is 4.02. The van der Waals surface area contributed by atoms with Crippen LogP contribution in [-0.2, 0) is 0 Å². The molecule has 134 valence electrons. The molecule has 0 saturated carbocycles. The van der Waals surface area contributed by atoms with Crippen LogP contribution < -0.4 is 20.9 Å². The SMILES string of the molecule is Nc1nc2ccc(OCCCCOc3ccc4nc(N)[nH]c4c3)cc2[nH]1. The number of nitrogen functional groups attached to an aromatic ring is 2. The molecule has 8 nitrogen and oxygen atoms in total. The fourth-order valence-electron chi connectivity index (χ4n) is 2.78. The van der Waals surface area contributed by atoms with Gasteiger partial charge in [-0.25, -0.2) is 9.97 Å². The van der Waals surface area contributed by atoms with Gasteiger partial charge < -0.3 is 30.9 Å².